The zero-order valence-corrected chi connectivity index (χ0v) is 13.5. The highest BCUT2D eigenvalue weighted by Crippen LogP contribution is 2.31. The van der Waals surface area contributed by atoms with Crippen molar-refractivity contribution in [2.24, 2.45) is 0 Å². The van der Waals surface area contributed by atoms with Gasteiger partial charge >= 0.3 is 0 Å². The molecule has 22 heavy (non-hydrogen) atoms. The van der Waals surface area contributed by atoms with Gasteiger partial charge in [-0.3, -0.25) is 9.69 Å². The fourth-order valence-corrected chi connectivity index (χ4v) is 4.38. The molecule has 0 aromatic carbocycles. The molecular weight excluding hydrogens is 306 g/mol. The van der Waals surface area contributed by atoms with Gasteiger partial charge in [-0.2, -0.15) is 0 Å². The van der Waals surface area contributed by atoms with Crippen LogP contribution in [0.2, 0.25) is 0 Å². The van der Waals surface area contributed by atoms with Crippen LogP contribution in [0.15, 0.2) is 10.6 Å². The second-order valence-corrected chi connectivity index (χ2v) is 8.34. The van der Waals surface area contributed by atoms with E-state index in [-0.39, 0.29) is 30.0 Å². The van der Waals surface area contributed by atoms with Crippen molar-refractivity contribution < 1.29 is 17.7 Å². The van der Waals surface area contributed by atoms with Crippen molar-refractivity contribution in [3.63, 3.8) is 0 Å². The van der Waals surface area contributed by atoms with E-state index in [0.717, 1.165) is 30.8 Å². The van der Waals surface area contributed by atoms with Crippen molar-refractivity contribution in [3.8, 4) is 0 Å². The van der Waals surface area contributed by atoms with Crippen molar-refractivity contribution in [2.45, 2.75) is 25.8 Å². The Morgan fingerprint density at radius 1 is 1.36 bits per heavy atom. The molecule has 0 bridgehead atoms. The smallest absolute Gasteiger partial charge is 0.237 e. The summed E-state index contributed by atoms with van der Waals surface area (Å²) in [5.41, 5.74) is 0.810. The lowest BCUT2D eigenvalue weighted by molar-refractivity contribution is -0.133. The third-order valence-corrected chi connectivity index (χ3v) is 5.97. The van der Waals surface area contributed by atoms with Gasteiger partial charge in [0.25, 0.3) is 0 Å². The maximum absolute atomic E-state index is 12.5. The largest absolute Gasteiger partial charge is 0.361 e. The van der Waals surface area contributed by atoms with Crippen LogP contribution in [0.5, 0.6) is 0 Å². The van der Waals surface area contributed by atoms with Gasteiger partial charge in [-0.15, -0.1) is 0 Å². The second-order valence-electron chi connectivity index (χ2n) is 6.04. The summed E-state index contributed by atoms with van der Waals surface area (Å²) in [7, 11) is -2.91. The van der Waals surface area contributed by atoms with E-state index < -0.39 is 9.84 Å². The molecule has 7 nitrogen and oxygen atoms in total. The number of aromatic nitrogens is 1. The highest BCUT2D eigenvalue weighted by Gasteiger charge is 2.33. The molecule has 1 atom stereocenters. The molecule has 122 valence electrons. The summed E-state index contributed by atoms with van der Waals surface area (Å²) in [5.74, 6) is 1.08. The standard InChI is InChI=1S/C14H21N3O4S/c1-11-9-12(15-21-11)13-3-2-4-17(13)14(18)10-16-5-7-22(19,20)8-6-16/h9,13H,2-8,10H2,1H3/t13-/m0/s1. The minimum Gasteiger partial charge on any atom is -0.361 e. The number of hydrogen-bond acceptors (Lipinski definition) is 6. The first-order valence-electron chi connectivity index (χ1n) is 7.60. The number of rotatable bonds is 3. The van der Waals surface area contributed by atoms with E-state index >= 15 is 0 Å². The number of carbonyl (C=O) groups is 1. The van der Waals surface area contributed by atoms with E-state index in [4.69, 9.17) is 4.52 Å². The van der Waals surface area contributed by atoms with E-state index in [1.165, 1.54) is 0 Å². The average molecular weight is 327 g/mol. The highest BCUT2D eigenvalue weighted by atomic mass is 32.2. The summed E-state index contributed by atoms with van der Waals surface area (Å²) < 4.78 is 28.0. The van der Waals surface area contributed by atoms with Gasteiger partial charge in [0.15, 0.2) is 9.84 Å². The first-order valence-corrected chi connectivity index (χ1v) is 9.42. The summed E-state index contributed by atoms with van der Waals surface area (Å²) in [6, 6.07) is 1.86. The lowest BCUT2D eigenvalue weighted by Gasteiger charge is -2.29. The van der Waals surface area contributed by atoms with Crippen LogP contribution in [0.1, 0.15) is 30.3 Å². The number of sulfone groups is 1. The molecule has 8 heteroatoms. The van der Waals surface area contributed by atoms with Crippen LogP contribution in [-0.2, 0) is 14.6 Å². The van der Waals surface area contributed by atoms with Crippen molar-refractivity contribution in [1.29, 1.82) is 0 Å². The molecule has 0 aliphatic carbocycles. The predicted octanol–water partition coefficient (Wildman–Crippen LogP) is 0.377. The molecule has 0 spiro atoms. The molecular formula is C14H21N3O4S. The number of hydrogen-bond donors (Lipinski definition) is 0. The van der Waals surface area contributed by atoms with Gasteiger partial charge in [-0.25, -0.2) is 8.42 Å². The van der Waals surface area contributed by atoms with Crippen LogP contribution in [-0.4, -0.2) is 67.0 Å². The molecule has 3 rings (SSSR count). The van der Waals surface area contributed by atoms with E-state index in [0.29, 0.717) is 13.1 Å². The van der Waals surface area contributed by atoms with E-state index in [2.05, 4.69) is 5.16 Å². The Hall–Kier alpha value is -1.41. The molecule has 0 unspecified atom stereocenters. The number of nitrogens with zero attached hydrogens (tertiary/aromatic N) is 3. The van der Waals surface area contributed by atoms with Crippen LogP contribution < -0.4 is 0 Å². The number of aryl methyl sites for hydroxylation is 1. The van der Waals surface area contributed by atoms with Gasteiger partial charge in [0, 0.05) is 25.7 Å². The fraction of sp³-hybridized carbons (Fsp3) is 0.714. The molecule has 0 saturated carbocycles. The minimum absolute atomic E-state index is 0.0153. The normalized spacial score (nSPS) is 25.5. The van der Waals surface area contributed by atoms with E-state index in [1.807, 2.05) is 22.8 Å². The van der Waals surface area contributed by atoms with Gasteiger partial charge in [-0.1, -0.05) is 5.16 Å². The molecule has 2 fully saturated rings. The number of carbonyl (C=O) groups excluding carboxylic acids is 1. The maximum Gasteiger partial charge on any atom is 0.237 e. The predicted molar refractivity (Wildman–Crippen MR) is 80.0 cm³/mol. The molecule has 1 aromatic rings. The Bertz CT molecular complexity index is 641. The van der Waals surface area contributed by atoms with Crippen molar-refractivity contribution in [3.05, 3.63) is 17.5 Å². The molecule has 0 radical (unpaired) electrons. The minimum atomic E-state index is -2.91. The Morgan fingerprint density at radius 2 is 2.09 bits per heavy atom. The summed E-state index contributed by atoms with van der Waals surface area (Å²) in [4.78, 5) is 16.3. The zero-order valence-electron chi connectivity index (χ0n) is 12.7. The molecule has 1 amide bonds. The molecule has 2 aliphatic heterocycles. The SMILES string of the molecule is Cc1cc([C@@H]2CCCN2C(=O)CN2CCS(=O)(=O)CC2)no1. The lowest BCUT2D eigenvalue weighted by atomic mass is 10.1. The van der Waals surface area contributed by atoms with Gasteiger partial charge in [0.05, 0.1) is 24.1 Å². The first kappa shape index (κ1) is 15.5. The number of likely N-dealkylation sites (tertiary alicyclic amines) is 1. The third kappa shape index (κ3) is 3.33. The summed E-state index contributed by atoms with van der Waals surface area (Å²) in [6.45, 7) is 3.72. The third-order valence-electron chi connectivity index (χ3n) is 4.36. The topological polar surface area (TPSA) is 83.7 Å². The first-order chi connectivity index (χ1) is 10.4. The van der Waals surface area contributed by atoms with Crippen molar-refractivity contribution in [2.75, 3.05) is 37.7 Å². The lowest BCUT2D eigenvalue weighted by Crippen LogP contribution is -2.46. The summed E-state index contributed by atoms with van der Waals surface area (Å²) >= 11 is 0. The van der Waals surface area contributed by atoms with Gasteiger partial charge in [0.1, 0.15) is 11.5 Å². The quantitative estimate of drug-likeness (QED) is 0.798. The van der Waals surface area contributed by atoms with Crippen molar-refractivity contribution >= 4 is 15.7 Å². The van der Waals surface area contributed by atoms with Gasteiger partial charge < -0.3 is 9.42 Å². The van der Waals surface area contributed by atoms with Crippen molar-refractivity contribution in [1.82, 2.24) is 15.0 Å². The van der Waals surface area contributed by atoms with Gasteiger partial charge in [-0.05, 0) is 19.8 Å². The molecule has 3 heterocycles. The van der Waals surface area contributed by atoms with Crippen LogP contribution >= 0.6 is 0 Å². The van der Waals surface area contributed by atoms with Crippen LogP contribution in [0.4, 0.5) is 0 Å². The molecule has 2 aliphatic rings. The Morgan fingerprint density at radius 3 is 2.73 bits per heavy atom. The Labute approximate surface area is 130 Å². The maximum atomic E-state index is 12.5. The monoisotopic (exact) mass is 327 g/mol. The van der Waals surface area contributed by atoms with Crippen LogP contribution in [0.3, 0.4) is 0 Å². The van der Waals surface area contributed by atoms with Crippen LogP contribution in [0.25, 0.3) is 0 Å². The fourth-order valence-electron chi connectivity index (χ4n) is 3.11. The van der Waals surface area contributed by atoms with E-state index in [1.54, 1.807) is 0 Å². The average Bonchev–Trinajstić information content (AvgIpc) is 3.09. The second kappa shape index (κ2) is 6.00. The molecule has 2 saturated heterocycles. The zero-order chi connectivity index (χ0) is 15.7. The van der Waals surface area contributed by atoms with E-state index in [9.17, 15) is 13.2 Å². The summed E-state index contributed by atoms with van der Waals surface area (Å²) in [6.07, 6.45) is 1.85. The van der Waals surface area contributed by atoms with Crippen LogP contribution in [0, 0.1) is 6.92 Å². The Kier molecular flexibility index (Phi) is 4.22. The van der Waals surface area contributed by atoms with Gasteiger partial charge in [0.2, 0.25) is 5.91 Å². The Balaban J connectivity index is 1.62. The highest BCUT2D eigenvalue weighted by molar-refractivity contribution is 7.91. The number of amides is 1. The molecule has 0 N–H and O–H groups in total. The summed E-state index contributed by atoms with van der Waals surface area (Å²) in [5, 5.41) is 4.03. The molecule has 1 aromatic heterocycles.